The number of hydrogen-bond acceptors (Lipinski definition) is 2. The molecule has 2 aliphatic heterocycles. The van der Waals surface area contributed by atoms with E-state index in [2.05, 4.69) is 84.9 Å². The second-order valence-electron chi connectivity index (χ2n) is 10.1. The molecule has 2 nitrogen and oxygen atoms in total. The number of fused-ring (bicyclic) bond motifs is 10. The molecule has 2 heterocycles. The molecule has 35 heavy (non-hydrogen) atoms. The molecule has 0 amide bonds. The molecule has 0 aromatic heterocycles. The summed E-state index contributed by atoms with van der Waals surface area (Å²) in [5.74, 6) is 3.74. The maximum Gasteiger partial charge on any atom is 0.260 e. The lowest BCUT2D eigenvalue weighted by Crippen LogP contribution is -2.57. The quantitative estimate of drug-likeness (QED) is 0.284. The monoisotopic (exact) mass is 446 g/mol. The van der Waals surface area contributed by atoms with Crippen LogP contribution in [0, 0.1) is 0 Å². The van der Waals surface area contributed by atoms with Crippen LogP contribution in [0.15, 0.2) is 91.0 Å². The summed E-state index contributed by atoms with van der Waals surface area (Å²) >= 11 is 0. The molecule has 0 spiro atoms. The zero-order valence-electron chi connectivity index (χ0n) is 19.0. The van der Waals surface area contributed by atoms with Crippen LogP contribution in [0.5, 0.6) is 23.0 Å². The minimum atomic E-state index is 0.108. The average Bonchev–Trinajstić information content (AvgIpc) is 3.43. The molecule has 5 aromatic rings. The van der Waals surface area contributed by atoms with Crippen LogP contribution in [-0.4, -0.2) is 6.71 Å². The maximum atomic E-state index is 6.54. The summed E-state index contributed by atoms with van der Waals surface area (Å²) in [6.07, 6.45) is 1.95. The fourth-order valence-corrected chi connectivity index (χ4v) is 6.70. The first-order valence-corrected chi connectivity index (χ1v) is 12.3. The highest BCUT2D eigenvalue weighted by molar-refractivity contribution is 6.98. The predicted molar refractivity (Wildman–Crippen MR) is 141 cm³/mol. The minimum Gasteiger partial charge on any atom is -0.458 e. The fourth-order valence-electron chi connectivity index (χ4n) is 6.70. The van der Waals surface area contributed by atoms with Crippen LogP contribution < -0.4 is 25.9 Å². The van der Waals surface area contributed by atoms with Gasteiger partial charge in [-0.25, -0.2) is 0 Å². The SMILES string of the molecule is c1ccc2c(c1)Cc1cc3c(cc1-2)Oc1cccc2c1B3c1cc3c(cc1O2)-c1ccccc1C3. The molecule has 0 fully saturated rings. The zero-order valence-corrected chi connectivity index (χ0v) is 19.0. The molecule has 3 heteroatoms. The fraction of sp³-hybridized carbons (Fsp3) is 0.0625. The van der Waals surface area contributed by atoms with Gasteiger partial charge in [0, 0.05) is 5.46 Å². The van der Waals surface area contributed by atoms with Crippen LogP contribution >= 0.6 is 0 Å². The summed E-state index contributed by atoms with van der Waals surface area (Å²) in [5.41, 5.74) is 14.5. The Balaban J connectivity index is 1.29. The van der Waals surface area contributed by atoms with Gasteiger partial charge < -0.3 is 9.47 Å². The third kappa shape index (κ3) is 2.31. The van der Waals surface area contributed by atoms with Crippen molar-refractivity contribution in [3.63, 3.8) is 0 Å². The molecule has 0 saturated heterocycles. The van der Waals surface area contributed by atoms with Crippen LogP contribution in [0.4, 0.5) is 0 Å². The maximum absolute atomic E-state index is 6.54. The van der Waals surface area contributed by atoms with E-state index in [1.807, 2.05) is 6.07 Å². The van der Waals surface area contributed by atoms with Crippen LogP contribution in [0.2, 0.25) is 0 Å². The van der Waals surface area contributed by atoms with Gasteiger partial charge in [-0.1, -0.05) is 66.7 Å². The lowest BCUT2D eigenvalue weighted by Gasteiger charge is -2.33. The number of benzene rings is 5. The van der Waals surface area contributed by atoms with Crippen molar-refractivity contribution in [2.24, 2.45) is 0 Å². The number of rotatable bonds is 0. The van der Waals surface area contributed by atoms with E-state index in [4.69, 9.17) is 9.47 Å². The molecule has 0 atom stereocenters. The van der Waals surface area contributed by atoms with E-state index >= 15 is 0 Å². The van der Waals surface area contributed by atoms with Crippen molar-refractivity contribution in [2.45, 2.75) is 12.8 Å². The Labute approximate surface area is 203 Å². The van der Waals surface area contributed by atoms with Gasteiger partial charge in [-0.3, -0.25) is 0 Å². The summed E-state index contributed by atoms with van der Waals surface area (Å²) in [5, 5.41) is 0. The van der Waals surface area contributed by atoms with Crippen LogP contribution in [0.25, 0.3) is 22.3 Å². The molecule has 5 aromatic carbocycles. The minimum absolute atomic E-state index is 0.108. The molecule has 0 unspecified atom stereocenters. The van der Waals surface area contributed by atoms with Crippen molar-refractivity contribution < 1.29 is 9.47 Å². The summed E-state index contributed by atoms with van der Waals surface area (Å²) in [6, 6.07) is 33.0. The van der Waals surface area contributed by atoms with Gasteiger partial charge in [-0.05, 0) is 92.5 Å². The molecule has 0 radical (unpaired) electrons. The molecule has 9 rings (SSSR count). The first-order chi connectivity index (χ1) is 17.3. The van der Waals surface area contributed by atoms with E-state index < -0.39 is 0 Å². The molecule has 0 bridgehead atoms. The Morgan fingerprint density at radius 3 is 1.51 bits per heavy atom. The third-order valence-electron chi connectivity index (χ3n) is 8.22. The second-order valence-corrected chi connectivity index (χ2v) is 10.1. The largest absolute Gasteiger partial charge is 0.458 e. The van der Waals surface area contributed by atoms with Gasteiger partial charge in [0.25, 0.3) is 6.71 Å². The van der Waals surface area contributed by atoms with Gasteiger partial charge in [0.2, 0.25) is 0 Å². The molecular formula is C32H19BO2. The standard InChI is InChI=1S/C32H19BO2/c1-3-8-22-18(6-1)12-20-14-26-30(16-24(20)22)34-28-10-5-11-29-32(28)33(26)27-15-21-13-19-7-2-4-9-23(19)25(21)17-31(27)35-29/h1-11,14-17H,12-13H2. The summed E-state index contributed by atoms with van der Waals surface area (Å²) in [7, 11) is 0. The molecule has 4 aliphatic rings. The Bertz CT molecular complexity index is 1640. The Hall–Kier alpha value is -4.24. The molecule has 0 saturated carbocycles. The molecule has 162 valence electrons. The summed E-state index contributed by atoms with van der Waals surface area (Å²) in [6.45, 7) is 0.108. The molecular weight excluding hydrogens is 427 g/mol. The van der Waals surface area contributed by atoms with E-state index in [0.29, 0.717) is 0 Å². The second kappa shape index (κ2) is 6.25. The topological polar surface area (TPSA) is 18.5 Å². The van der Waals surface area contributed by atoms with Gasteiger partial charge in [0.05, 0.1) is 0 Å². The number of hydrogen-bond donors (Lipinski definition) is 0. The van der Waals surface area contributed by atoms with E-state index in [9.17, 15) is 0 Å². The van der Waals surface area contributed by atoms with Crippen molar-refractivity contribution in [3.8, 4) is 45.3 Å². The Morgan fingerprint density at radius 1 is 0.457 bits per heavy atom. The van der Waals surface area contributed by atoms with E-state index in [1.54, 1.807) is 0 Å². The first kappa shape index (κ1) is 18.1. The van der Waals surface area contributed by atoms with Crippen molar-refractivity contribution in [3.05, 3.63) is 113 Å². The van der Waals surface area contributed by atoms with Crippen LogP contribution in [-0.2, 0) is 12.8 Å². The number of ether oxygens (including phenoxy) is 2. The molecule has 0 N–H and O–H groups in total. The van der Waals surface area contributed by atoms with Gasteiger partial charge in [0.1, 0.15) is 23.0 Å². The zero-order chi connectivity index (χ0) is 22.7. The van der Waals surface area contributed by atoms with Crippen molar-refractivity contribution in [2.75, 3.05) is 0 Å². The van der Waals surface area contributed by atoms with Gasteiger partial charge >= 0.3 is 0 Å². The van der Waals surface area contributed by atoms with E-state index in [1.165, 1.54) is 55.4 Å². The highest BCUT2D eigenvalue weighted by atomic mass is 16.5. The summed E-state index contributed by atoms with van der Waals surface area (Å²) < 4.78 is 13.1. The average molecular weight is 446 g/mol. The lowest BCUT2D eigenvalue weighted by atomic mass is 9.34. The highest BCUT2D eigenvalue weighted by Crippen LogP contribution is 2.43. The smallest absolute Gasteiger partial charge is 0.260 e. The van der Waals surface area contributed by atoms with Crippen molar-refractivity contribution >= 4 is 23.1 Å². The first-order valence-electron chi connectivity index (χ1n) is 12.3. The Kier molecular flexibility index (Phi) is 3.24. The molecule has 2 aliphatic carbocycles. The third-order valence-corrected chi connectivity index (χ3v) is 8.22. The van der Waals surface area contributed by atoms with Crippen molar-refractivity contribution in [1.29, 1.82) is 0 Å². The van der Waals surface area contributed by atoms with Crippen LogP contribution in [0.1, 0.15) is 22.3 Å². The van der Waals surface area contributed by atoms with Crippen LogP contribution in [0.3, 0.4) is 0 Å². The Morgan fingerprint density at radius 2 is 0.971 bits per heavy atom. The van der Waals surface area contributed by atoms with Crippen molar-refractivity contribution in [1.82, 2.24) is 0 Å². The lowest BCUT2D eigenvalue weighted by molar-refractivity contribution is 0.464. The highest BCUT2D eigenvalue weighted by Gasteiger charge is 2.41. The summed E-state index contributed by atoms with van der Waals surface area (Å²) in [4.78, 5) is 0. The van der Waals surface area contributed by atoms with Gasteiger partial charge in [0.15, 0.2) is 0 Å². The normalized spacial score (nSPS) is 14.5. The van der Waals surface area contributed by atoms with E-state index in [-0.39, 0.29) is 6.71 Å². The predicted octanol–water partition coefficient (Wildman–Crippen LogP) is 5.56. The van der Waals surface area contributed by atoms with Gasteiger partial charge in [-0.15, -0.1) is 0 Å². The van der Waals surface area contributed by atoms with Gasteiger partial charge in [-0.2, -0.15) is 0 Å². The van der Waals surface area contributed by atoms with E-state index in [0.717, 1.165) is 41.3 Å².